The van der Waals surface area contributed by atoms with Gasteiger partial charge in [0.2, 0.25) is 11.8 Å². The first kappa shape index (κ1) is 14.3. The van der Waals surface area contributed by atoms with E-state index in [0.29, 0.717) is 25.6 Å². The molecule has 3 fully saturated rings. The van der Waals surface area contributed by atoms with E-state index >= 15 is 0 Å². The second-order valence-corrected chi connectivity index (χ2v) is 6.12. The molecule has 2 heterocycles. The van der Waals surface area contributed by atoms with Crippen molar-refractivity contribution < 1.29 is 24.2 Å². The maximum absolute atomic E-state index is 12.6. The number of nitrogens with zero attached hydrogens (tertiary/aromatic N) is 2. The fourth-order valence-corrected chi connectivity index (χ4v) is 3.32. The maximum atomic E-state index is 12.6. The Labute approximate surface area is 122 Å². The Morgan fingerprint density at radius 3 is 2.57 bits per heavy atom. The molecule has 7 heteroatoms. The van der Waals surface area contributed by atoms with E-state index in [0.717, 1.165) is 12.8 Å². The van der Waals surface area contributed by atoms with Crippen LogP contribution in [0.5, 0.6) is 0 Å². The molecule has 3 unspecified atom stereocenters. The van der Waals surface area contributed by atoms with Crippen molar-refractivity contribution in [1.82, 2.24) is 9.80 Å². The highest BCUT2D eigenvalue weighted by Crippen LogP contribution is 2.34. The van der Waals surface area contributed by atoms with Crippen LogP contribution in [0.25, 0.3) is 0 Å². The van der Waals surface area contributed by atoms with Crippen molar-refractivity contribution >= 4 is 17.8 Å². The molecule has 3 rings (SSSR count). The van der Waals surface area contributed by atoms with Gasteiger partial charge < -0.3 is 19.6 Å². The molecule has 0 aromatic rings. The number of likely N-dealkylation sites (tertiary alicyclic amines) is 2. The zero-order valence-electron chi connectivity index (χ0n) is 12.0. The number of carboxylic acids is 1. The predicted molar refractivity (Wildman–Crippen MR) is 71.4 cm³/mol. The topological polar surface area (TPSA) is 87.1 Å². The third kappa shape index (κ3) is 2.62. The van der Waals surface area contributed by atoms with Gasteiger partial charge in [0.1, 0.15) is 6.04 Å². The van der Waals surface area contributed by atoms with Crippen molar-refractivity contribution in [3.63, 3.8) is 0 Å². The van der Waals surface area contributed by atoms with Gasteiger partial charge in [-0.25, -0.2) is 4.79 Å². The highest BCUT2D eigenvalue weighted by atomic mass is 16.5. The first-order valence-electron chi connectivity index (χ1n) is 7.36. The Hall–Kier alpha value is -1.63. The van der Waals surface area contributed by atoms with Gasteiger partial charge in [-0.15, -0.1) is 0 Å². The van der Waals surface area contributed by atoms with E-state index in [1.165, 1.54) is 12.0 Å². The number of aliphatic carboxylic acids is 1. The number of carbonyl (C=O) groups excluding carboxylic acids is 2. The lowest BCUT2D eigenvalue weighted by Crippen LogP contribution is -2.44. The summed E-state index contributed by atoms with van der Waals surface area (Å²) in [6.45, 7) is 0.725. The standard InChI is InChI=1S/C14H20N2O5/c1-21-10-5-11(14(19)20)16(7-10)13(18)8-4-12(17)15(6-8)9-2-3-9/h8-11H,2-7H2,1H3,(H,19,20). The minimum atomic E-state index is -1.01. The minimum Gasteiger partial charge on any atom is -0.480 e. The molecular formula is C14H20N2O5. The molecule has 1 saturated carbocycles. The highest BCUT2D eigenvalue weighted by Gasteiger charge is 2.47. The van der Waals surface area contributed by atoms with Crippen molar-refractivity contribution in [3.8, 4) is 0 Å². The minimum absolute atomic E-state index is 0.0187. The number of rotatable bonds is 4. The van der Waals surface area contributed by atoms with Crippen molar-refractivity contribution in [1.29, 1.82) is 0 Å². The van der Waals surface area contributed by atoms with E-state index < -0.39 is 17.9 Å². The van der Waals surface area contributed by atoms with E-state index in [1.807, 2.05) is 0 Å². The molecule has 0 radical (unpaired) electrons. The Morgan fingerprint density at radius 2 is 2.00 bits per heavy atom. The van der Waals surface area contributed by atoms with Gasteiger partial charge >= 0.3 is 5.97 Å². The van der Waals surface area contributed by atoms with Crippen LogP contribution in [0.2, 0.25) is 0 Å². The van der Waals surface area contributed by atoms with Gasteiger partial charge in [-0.2, -0.15) is 0 Å². The summed E-state index contributed by atoms with van der Waals surface area (Å²) in [5.74, 6) is -1.62. The van der Waals surface area contributed by atoms with Crippen LogP contribution >= 0.6 is 0 Å². The summed E-state index contributed by atoms with van der Waals surface area (Å²) in [5.41, 5.74) is 0. The van der Waals surface area contributed by atoms with E-state index in [4.69, 9.17) is 4.74 Å². The second kappa shape index (κ2) is 5.29. The van der Waals surface area contributed by atoms with Gasteiger partial charge in [0.25, 0.3) is 0 Å². The summed E-state index contributed by atoms with van der Waals surface area (Å²) in [6.07, 6.45) is 2.30. The molecule has 116 valence electrons. The predicted octanol–water partition coefficient (Wildman–Crippen LogP) is -0.302. The number of methoxy groups -OCH3 is 1. The molecule has 0 aromatic carbocycles. The van der Waals surface area contributed by atoms with Gasteiger partial charge in [-0.05, 0) is 12.8 Å². The van der Waals surface area contributed by atoms with Crippen LogP contribution in [0.4, 0.5) is 0 Å². The van der Waals surface area contributed by atoms with Crippen LogP contribution in [0, 0.1) is 5.92 Å². The largest absolute Gasteiger partial charge is 0.480 e. The molecule has 0 bridgehead atoms. The summed E-state index contributed by atoms with van der Waals surface area (Å²) in [7, 11) is 1.52. The molecule has 2 saturated heterocycles. The van der Waals surface area contributed by atoms with Gasteiger partial charge in [-0.3, -0.25) is 9.59 Å². The molecule has 0 spiro atoms. The number of carboxylic acid groups (broad SMARTS) is 1. The molecule has 21 heavy (non-hydrogen) atoms. The monoisotopic (exact) mass is 296 g/mol. The molecule has 3 aliphatic rings. The van der Waals surface area contributed by atoms with Crippen LogP contribution in [0.3, 0.4) is 0 Å². The van der Waals surface area contributed by atoms with Crippen LogP contribution < -0.4 is 0 Å². The van der Waals surface area contributed by atoms with Gasteiger partial charge in [0.15, 0.2) is 0 Å². The van der Waals surface area contributed by atoms with Crippen molar-refractivity contribution in [2.75, 3.05) is 20.2 Å². The van der Waals surface area contributed by atoms with E-state index in [2.05, 4.69) is 0 Å². The third-order valence-corrected chi connectivity index (χ3v) is 4.66. The van der Waals surface area contributed by atoms with E-state index in [1.54, 1.807) is 4.90 Å². The Morgan fingerprint density at radius 1 is 1.29 bits per heavy atom. The lowest BCUT2D eigenvalue weighted by molar-refractivity contribution is -0.149. The summed E-state index contributed by atoms with van der Waals surface area (Å²) in [6, 6.07) is -0.539. The maximum Gasteiger partial charge on any atom is 0.326 e. The molecular weight excluding hydrogens is 276 g/mol. The molecule has 7 nitrogen and oxygen atoms in total. The number of amides is 2. The van der Waals surface area contributed by atoms with Crippen LogP contribution in [-0.4, -0.2) is 71.1 Å². The zero-order chi connectivity index (χ0) is 15.1. The summed E-state index contributed by atoms with van der Waals surface area (Å²) < 4.78 is 5.19. The van der Waals surface area contributed by atoms with Gasteiger partial charge in [0, 0.05) is 39.1 Å². The molecule has 2 aliphatic heterocycles. The molecule has 3 atom stereocenters. The fourth-order valence-electron chi connectivity index (χ4n) is 3.32. The number of hydrogen-bond acceptors (Lipinski definition) is 4. The normalized spacial score (nSPS) is 32.8. The first-order valence-corrected chi connectivity index (χ1v) is 7.36. The van der Waals surface area contributed by atoms with Crippen molar-refractivity contribution in [2.24, 2.45) is 5.92 Å². The van der Waals surface area contributed by atoms with E-state index in [-0.39, 0.29) is 24.3 Å². The average Bonchev–Trinajstić information content (AvgIpc) is 3.07. The average molecular weight is 296 g/mol. The van der Waals surface area contributed by atoms with E-state index in [9.17, 15) is 19.5 Å². The lowest BCUT2D eigenvalue weighted by Gasteiger charge is -2.24. The first-order chi connectivity index (χ1) is 10.0. The number of carbonyl (C=O) groups is 3. The van der Waals surface area contributed by atoms with Gasteiger partial charge in [-0.1, -0.05) is 0 Å². The molecule has 1 N–H and O–H groups in total. The summed E-state index contributed by atoms with van der Waals surface area (Å²) in [4.78, 5) is 39.0. The smallest absolute Gasteiger partial charge is 0.326 e. The molecule has 1 aliphatic carbocycles. The molecule has 2 amide bonds. The number of hydrogen-bond donors (Lipinski definition) is 1. The van der Waals surface area contributed by atoms with Crippen molar-refractivity contribution in [2.45, 2.75) is 43.9 Å². The SMILES string of the molecule is COC1CC(C(=O)O)N(C(=O)C2CC(=O)N(C3CC3)C2)C1. The zero-order valence-corrected chi connectivity index (χ0v) is 12.0. The van der Waals surface area contributed by atoms with Crippen molar-refractivity contribution in [3.05, 3.63) is 0 Å². The Balaban J connectivity index is 1.69. The quantitative estimate of drug-likeness (QED) is 0.769. The fraction of sp³-hybridized carbons (Fsp3) is 0.786. The summed E-state index contributed by atoms with van der Waals surface area (Å²) in [5, 5.41) is 9.26. The highest BCUT2D eigenvalue weighted by molar-refractivity contribution is 5.92. The third-order valence-electron chi connectivity index (χ3n) is 4.66. The molecule has 0 aromatic heterocycles. The Bertz CT molecular complexity index is 476. The number of ether oxygens (including phenoxy) is 1. The van der Waals surface area contributed by atoms with Crippen LogP contribution in [0.1, 0.15) is 25.7 Å². The van der Waals surface area contributed by atoms with Crippen LogP contribution in [-0.2, 0) is 19.1 Å². The Kier molecular flexibility index (Phi) is 3.61. The lowest BCUT2D eigenvalue weighted by atomic mass is 10.1. The summed E-state index contributed by atoms with van der Waals surface area (Å²) >= 11 is 0. The second-order valence-electron chi connectivity index (χ2n) is 6.12. The van der Waals surface area contributed by atoms with Gasteiger partial charge in [0.05, 0.1) is 12.0 Å². The van der Waals surface area contributed by atoms with Crippen LogP contribution in [0.15, 0.2) is 0 Å².